The van der Waals surface area contributed by atoms with Gasteiger partial charge in [-0.1, -0.05) is 52.3 Å². The topological polar surface area (TPSA) is 46.4 Å². The molecule has 0 aliphatic carbocycles. The number of hydrogen-bond donors (Lipinski definition) is 0. The van der Waals surface area contributed by atoms with Crippen molar-refractivity contribution >= 4 is 18.3 Å². The van der Waals surface area contributed by atoms with Crippen molar-refractivity contribution in [3.63, 3.8) is 0 Å². The zero-order chi connectivity index (χ0) is 21.7. The normalized spacial score (nSPS) is 23.3. The molecule has 1 aromatic rings. The lowest BCUT2D eigenvalue weighted by molar-refractivity contribution is 0.280. The summed E-state index contributed by atoms with van der Waals surface area (Å²) in [5.41, 5.74) is 2.75. The Hall–Kier alpha value is -0.693. The lowest BCUT2D eigenvalue weighted by Gasteiger charge is -2.36. The summed E-state index contributed by atoms with van der Waals surface area (Å²) in [4.78, 5) is 0.474. The molecule has 4 nitrogen and oxygen atoms in total. The summed E-state index contributed by atoms with van der Waals surface area (Å²) in [7, 11) is -5.44. The maximum absolute atomic E-state index is 13.6. The van der Waals surface area contributed by atoms with E-state index in [0.717, 1.165) is 23.1 Å². The maximum Gasteiger partial charge on any atom is 0.244 e. The molecule has 0 saturated carbocycles. The van der Waals surface area contributed by atoms with Crippen LogP contribution in [0.1, 0.15) is 57.7 Å². The third-order valence-electron chi connectivity index (χ3n) is 6.28. The first-order chi connectivity index (χ1) is 12.6. The van der Waals surface area contributed by atoms with Crippen molar-refractivity contribution in [1.29, 1.82) is 0 Å². The molecule has 1 aliphatic rings. The molecule has 3 atom stereocenters. The quantitative estimate of drug-likeness (QED) is 0.433. The van der Waals surface area contributed by atoms with Gasteiger partial charge in [-0.2, -0.15) is 4.31 Å². The summed E-state index contributed by atoms with van der Waals surface area (Å²) >= 11 is 0. The fraction of sp³-hybridized carbons (Fsp3) is 0.727. The van der Waals surface area contributed by atoms with Crippen molar-refractivity contribution < 1.29 is 12.8 Å². The molecule has 1 saturated heterocycles. The van der Waals surface area contributed by atoms with Gasteiger partial charge in [0.25, 0.3) is 0 Å². The smallest absolute Gasteiger partial charge is 0.244 e. The molecule has 1 unspecified atom stereocenters. The Balaban J connectivity index is 2.31. The van der Waals surface area contributed by atoms with Crippen LogP contribution in [0.5, 0.6) is 0 Å². The largest absolute Gasteiger partial charge is 0.415 e. The molecule has 0 aromatic heterocycles. The van der Waals surface area contributed by atoms with Crippen LogP contribution in [0.15, 0.2) is 17.0 Å². The molecule has 1 aromatic carbocycles. The summed E-state index contributed by atoms with van der Waals surface area (Å²) in [5, 5.41) is 0.114. The Bertz CT molecular complexity index is 802. The van der Waals surface area contributed by atoms with E-state index in [1.807, 2.05) is 32.9 Å². The number of rotatable bonds is 7. The molecule has 160 valence electrons. The molecule has 1 aliphatic heterocycles. The Labute approximate surface area is 173 Å². The number of sulfonamides is 1. The highest BCUT2D eigenvalue weighted by atomic mass is 32.2. The van der Waals surface area contributed by atoms with Gasteiger partial charge in [0.1, 0.15) is 0 Å². The third kappa shape index (κ3) is 4.72. The highest BCUT2D eigenvalue weighted by Gasteiger charge is 2.56. The lowest BCUT2D eigenvalue weighted by Crippen LogP contribution is -2.42. The molecule has 0 spiro atoms. The van der Waals surface area contributed by atoms with Gasteiger partial charge in [-0.05, 0) is 62.4 Å². The van der Waals surface area contributed by atoms with Gasteiger partial charge in [0.05, 0.1) is 17.5 Å². The summed E-state index contributed by atoms with van der Waals surface area (Å²) < 4.78 is 35.2. The summed E-state index contributed by atoms with van der Waals surface area (Å²) in [6.45, 7) is 21.7. The molecule has 0 amide bonds. The Morgan fingerprint density at radius 2 is 1.57 bits per heavy atom. The van der Waals surface area contributed by atoms with E-state index in [0.29, 0.717) is 17.4 Å². The minimum Gasteiger partial charge on any atom is -0.415 e. The second-order valence-corrected chi connectivity index (χ2v) is 17.0. The summed E-state index contributed by atoms with van der Waals surface area (Å²) in [6.07, 6.45) is 0.870. The van der Waals surface area contributed by atoms with Crippen molar-refractivity contribution in [1.82, 2.24) is 4.31 Å². The fourth-order valence-electron chi connectivity index (χ4n) is 3.78. The van der Waals surface area contributed by atoms with Gasteiger partial charge in [0, 0.05) is 6.04 Å². The molecule has 28 heavy (non-hydrogen) atoms. The van der Waals surface area contributed by atoms with E-state index < -0.39 is 18.3 Å². The fourth-order valence-corrected chi connectivity index (χ4v) is 7.03. The first kappa shape index (κ1) is 23.6. The maximum atomic E-state index is 13.6. The van der Waals surface area contributed by atoms with Gasteiger partial charge in [-0.3, -0.25) is 0 Å². The Morgan fingerprint density at radius 1 is 1.07 bits per heavy atom. The number of nitrogens with zero attached hydrogens (tertiary/aromatic N) is 1. The number of benzene rings is 1. The third-order valence-corrected chi connectivity index (χ3v) is 13.0. The predicted octanol–water partition coefficient (Wildman–Crippen LogP) is 5.42. The molecule has 0 bridgehead atoms. The first-order valence-electron chi connectivity index (χ1n) is 10.3. The highest BCUT2D eigenvalue weighted by molar-refractivity contribution is 7.89. The van der Waals surface area contributed by atoms with Crippen LogP contribution in [0.3, 0.4) is 0 Å². The van der Waals surface area contributed by atoms with Crippen molar-refractivity contribution in [2.75, 3.05) is 6.61 Å². The second-order valence-electron chi connectivity index (χ2n) is 10.4. The van der Waals surface area contributed by atoms with Gasteiger partial charge in [-0.25, -0.2) is 8.42 Å². The van der Waals surface area contributed by atoms with E-state index in [2.05, 4.69) is 47.7 Å². The molecule has 2 rings (SSSR count). The zero-order valence-electron chi connectivity index (χ0n) is 19.4. The van der Waals surface area contributed by atoms with E-state index >= 15 is 0 Å². The first-order valence-corrected chi connectivity index (χ1v) is 14.7. The van der Waals surface area contributed by atoms with Gasteiger partial charge in [0.15, 0.2) is 8.32 Å². The molecule has 1 fully saturated rings. The standard InChI is InChI=1S/C22H39NO3SSi/c1-15(2)11-19-20(14-26-28(9,10)22(6,7)8)23(19)27(24,25)21-17(4)12-16(3)13-18(21)5/h12-13,15,19-20H,11,14H2,1-10H3/t19-,20-,23?/m1/s1. The second kappa shape index (κ2) is 7.86. The van der Waals surface area contributed by atoms with Crippen molar-refractivity contribution in [3.8, 4) is 0 Å². The summed E-state index contributed by atoms with van der Waals surface area (Å²) in [5.74, 6) is 0.445. The van der Waals surface area contributed by atoms with Crippen molar-refractivity contribution in [2.24, 2.45) is 5.92 Å². The van der Waals surface area contributed by atoms with E-state index in [1.54, 1.807) is 4.31 Å². The molecule has 0 radical (unpaired) electrons. The van der Waals surface area contributed by atoms with Crippen LogP contribution in [-0.4, -0.2) is 39.7 Å². The highest BCUT2D eigenvalue weighted by Crippen LogP contribution is 2.43. The van der Waals surface area contributed by atoms with Gasteiger partial charge in [0.2, 0.25) is 10.0 Å². The van der Waals surface area contributed by atoms with Gasteiger partial charge < -0.3 is 4.43 Å². The Kier molecular flexibility index (Phi) is 6.62. The molecular formula is C22H39NO3SSi. The van der Waals surface area contributed by atoms with Crippen LogP contribution in [0.2, 0.25) is 18.1 Å². The summed E-state index contributed by atoms with van der Waals surface area (Å²) in [6, 6.07) is 3.90. The van der Waals surface area contributed by atoms with Crippen LogP contribution in [-0.2, 0) is 14.4 Å². The van der Waals surface area contributed by atoms with Crippen LogP contribution >= 0.6 is 0 Å². The number of hydrogen-bond acceptors (Lipinski definition) is 3. The zero-order valence-corrected chi connectivity index (χ0v) is 21.2. The molecule has 1 heterocycles. The van der Waals surface area contributed by atoms with Crippen molar-refractivity contribution in [3.05, 3.63) is 28.8 Å². The SMILES string of the molecule is Cc1cc(C)c(S(=O)(=O)N2[C@H](CO[Si](C)(C)C(C)(C)C)[C@H]2CC(C)C)c(C)c1. The van der Waals surface area contributed by atoms with E-state index in [4.69, 9.17) is 4.43 Å². The van der Waals surface area contributed by atoms with E-state index in [1.165, 1.54) is 0 Å². The van der Waals surface area contributed by atoms with Crippen molar-refractivity contribution in [2.45, 2.75) is 96.9 Å². The van der Waals surface area contributed by atoms with Crippen LogP contribution in [0.25, 0.3) is 0 Å². The minimum absolute atomic E-state index is 0.0369. The number of aryl methyl sites for hydroxylation is 3. The van der Waals surface area contributed by atoms with E-state index in [-0.39, 0.29) is 17.1 Å². The molecular weight excluding hydrogens is 386 g/mol. The monoisotopic (exact) mass is 425 g/mol. The van der Waals surface area contributed by atoms with Crippen LogP contribution in [0.4, 0.5) is 0 Å². The molecule has 6 heteroatoms. The van der Waals surface area contributed by atoms with E-state index in [9.17, 15) is 8.42 Å². The average Bonchev–Trinajstić information content (AvgIpc) is 3.15. The van der Waals surface area contributed by atoms with Crippen LogP contribution < -0.4 is 0 Å². The predicted molar refractivity (Wildman–Crippen MR) is 120 cm³/mol. The van der Waals surface area contributed by atoms with Gasteiger partial charge in [-0.15, -0.1) is 0 Å². The van der Waals surface area contributed by atoms with Gasteiger partial charge >= 0.3 is 0 Å². The molecule has 0 N–H and O–H groups in total. The lowest BCUT2D eigenvalue weighted by atomic mass is 10.1. The van der Waals surface area contributed by atoms with Crippen LogP contribution in [0, 0.1) is 26.7 Å². The average molecular weight is 426 g/mol. The minimum atomic E-state index is -3.52. The Morgan fingerprint density at radius 3 is 2.00 bits per heavy atom.